The van der Waals surface area contributed by atoms with Crippen molar-refractivity contribution in [1.29, 1.82) is 0 Å². The molecule has 7 heteroatoms. The Labute approximate surface area is 103 Å². The van der Waals surface area contributed by atoms with E-state index < -0.39 is 12.0 Å². The van der Waals surface area contributed by atoms with Crippen molar-refractivity contribution < 1.29 is 14.7 Å². The molecule has 2 heterocycles. The van der Waals surface area contributed by atoms with Crippen LogP contribution < -0.4 is 0 Å². The lowest BCUT2D eigenvalue weighted by Gasteiger charge is -2.24. The summed E-state index contributed by atoms with van der Waals surface area (Å²) in [6, 6.07) is 1.00. The Morgan fingerprint density at radius 3 is 2.94 bits per heavy atom. The molecule has 1 aromatic heterocycles. The van der Waals surface area contributed by atoms with Gasteiger partial charge in [-0.25, -0.2) is 4.79 Å². The fraction of sp³-hybridized carbons (Fsp3) is 0.500. The molecular weight excluding hydrogens is 242 g/mol. The number of carboxylic acid groups (broad SMARTS) is 1. The minimum Gasteiger partial charge on any atom is -0.480 e. The van der Waals surface area contributed by atoms with Crippen molar-refractivity contribution in [3.05, 3.63) is 18.5 Å². The Hall–Kier alpha value is -1.50. The minimum absolute atomic E-state index is 0.0850. The monoisotopic (exact) mass is 255 g/mol. The first kappa shape index (κ1) is 12.0. The molecule has 0 spiro atoms. The summed E-state index contributed by atoms with van der Waals surface area (Å²) in [5.41, 5.74) is 0. The molecule has 0 saturated carbocycles. The highest BCUT2D eigenvalue weighted by atomic mass is 32.2. The van der Waals surface area contributed by atoms with E-state index in [9.17, 15) is 9.59 Å². The van der Waals surface area contributed by atoms with E-state index in [1.54, 1.807) is 18.5 Å². The van der Waals surface area contributed by atoms with E-state index in [0.29, 0.717) is 5.75 Å². The Balaban J connectivity index is 2.09. The van der Waals surface area contributed by atoms with Crippen LogP contribution in [0.3, 0.4) is 0 Å². The Morgan fingerprint density at radius 2 is 2.35 bits per heavy atom. The number of nitrogens with zero attached hydrogens (tertiary/aromatic N) is 3. The summed E-state index contributed by atoms with van der Waals surface area (Å²) < 4.78 is 1.50. The van der Waals surface area contributed by atoms with Crippen LogP contribution in [0.1, 0.15) is 6.92 Å². The van der Waals surface area contributed by atoms with Crippen molar-refractivity contribution in [2.24, 2.45) is 0 Å². The van der Waals surface area contributed by atoms with Gasteiger partial charge in [0.2, 0.25) is 5.91 Å². The molecule has 1 aliphatic rings. The van der Waals surface area contributed by atoms with Crippen molar-refractivity contribution in [2.75, 3.05) is 5.75 Å². The first-order valence-electron chi connectivity index (χ1n) is 5.22. The van der Waals surface area contributed by atoms with Gasteiger partial charge in [0.15, 0.2) is 0 Å². The molecule has 1 N–H and O–H groups in total. The number of thioether (sulfide) groups is 1. The van der Waals surface area contributed by atoms with Gasteiger partial charge < -0.3 is 10.0 Å². The van der Waals surface area contributed by atoms with Gasteiger partial charge in [-0.3, -0.25) is 9.48 Å². The van der Waals surface area contributed by atoms with E-state index in [-0.39, 0.29) is 17.8 Å². The molecule has 2 unspecified atom stereocenters. The molecule has 0 bridgehead atoms. The number of rotatable bonds is 3. The third kappa shape index (κ3) is 2.44. The number of carbonyl (C=O) groups is 2. The van der Waals surface area contributed by atoms with Gasteiger partial charge in [0.05, 0.1) is 5.37 Å². The summed E-state index contributed by atoms with van der Waals surface area (Å²) >= 11 is 1.48. The SMILES string of the molecule is CC1SCC(C(=O)O)N1C(=O)Cn1cccn1. The Morgan fingerprint density at radius 1 is 1.59 bits per heavy atom. The number of amides is 1. The molecular formula is C10H13N3O3S. The van der Waals surface area contributed by atoms with Crippen LogP contribution in [-0.2, 0) is 16.1 Å². The van der Waals surface area contributed by atoms with Crippen LogP contribution in [0.4, 0.5) is 0 Å². The third-order valence-corrected chi connectivity index (χ3v) is 3.87. The van der Waals surface area contributed by atoms with Gasteiger partial charge in [-0.05, 0) is 13.0 Å². The summed E-state index contributed by atoms with van der Waals surface area (Å²) in [5, 5.41) is 12.9. The van der Waals surface area contributed by atoms with E-state index >= 15 is 0 Å². The van der Waals surface area contributed by atoms with Crippen LogP contribution in [0.25, 0.3) is 0 Å². The van der Waals surface area contributed by atoms with Crippen LogP contribution in [0.5, 0.6) is 0 Å². The summed E-state index contributed by atoms with van der Waals surface area (Å²) in [6.45, 7) is 1.93. The van der Waals surface area contributed by atoms with Gasteiger partial charge in [-0.15, -0.1) is 11.8 Å². The van der Waals surface area contributed by atoms with Gasteiger partial charge in [0.1, 0.15) is 12.6 Å². The predicted octanol–water partition coefficient (Wildman–Crippen LogP) is 0.258. The first-order valence-corrected chi connectivity index (χ1v) is 6.27. The maximum absolute atomic E-state index is 12.0. The van der Waals surface area contributed by atoms with Crippen LogP contribution in [0.2, 0.25) is 0 Å². The summed E-state index contributed by atoms with van der Waals surface area (Å²) in [4.78, 5) is 24.5. The quantitative estimate of drug-likeness (QED) is 0.838. The standard InChI is InChI=1S/C10H13N3O3S/c1-7-13(8(6-17-7)10(15)16)9(14)5-12-4-2-3-11-12/h2-4,7-8H,5-6H2,1H3,(H,15,16). The predicted molar refractivity (Wildman–Crippen MR) is 62.4 cm³/mol. The van der Waals surface area contributed by atoms with Crippen molar-refractivity contribution in [2.45, 2.75) is 24.9 Å². The third-order valence-electron chi connectivity index (χ3n) is 2.65. The number of hydrogen-bond donors (Lipinski definition) is 1. The number of aromatic nitrogens is 2. The second kappa shape index (κ2) is 4.79. The molecule has 17 heavy (non-hydrogen) atoms. The molecule has 92 valence electrons. The zero-order valence-electron chi connectivity index (χ0n) is 9.31. The van der Waals surface area contributed by atoms with Crippen molar-refractivity contribution in [3.63, 3.8) is 0 Å². The highest BCUT2D eigenvalue weighted by molar-refractivity contribution is 8.00. The number of hydrogen-bond acceptors (Lipinski definition) is 4. The maximum Gasteiger partial charge on any atom is 0.327 e. The van der Waals surface area contributed by atoms with E-state index in [0.717, 1.165) is 0 Å². The zero-order valence-corrected chi connectivity index (χ0v) is 10.1. The number of carboxylic acids is 1. The normalized spacial score (nSPS) is 23.9. The van der Waals surface area contributed by atoms with Crippen LogP contribution in [-0.4, -0.2) is 48.8 Å². The van der Waals surface area contributed by atoms with Crippen LogP contribution >= 0.6 is 11.8 Å². The molecule has 1 aromatic rings. The van der Waals surface area contributed by atoms with Gasteiger partial charge in [0, 0.05) is 18.1 Å². The smallest absolute Gasteiger partial charge is 0.327 e. The van der Waals surface area contributed by atoms with Gasteiger partial charge >= 0.3 is 5.97 Å². The van der Waals surface area contributed by atoms with E-state index in [1.165, 1.54) is 21.3 Å². The second-order valence-corrected chi connectivity index (χ2v) is 5.14. The molecule has 1 fully saturated rings. The molecule has 2 atom stereocenters. The Bertz CT molecular complexity index is 420. The van der Waals surface area contributed by atoms with Crippen molar-refractivity contribution in [3.8, 4) is 0 Å². The first-order chi connectivity index (χ1) is 8.09. The highest BCUT2D eigenvalue weighted by Crippen LogP contribution is 2.28. The lowest BCUT2D eigenvalue weighted by atomic mass is 10.3. The van der Waals surface area contributed by atoms with Crippen molar-refractivity contribution in [1.82, 2.24) is 14.7 Å². The van der Waals surface area contributed by atoms with Crippen LogP contribution in [0.15, 0.2) is 18.5 Å². The summed E-state index contributed by atoms with van der Waals surface area (Å²) in [6.07, 6.45) is 3.27. The molecule has 0 aromatic carbocycles. The molecule has 1 aliphatic heterocycles. The molecule has 2 rings (SSSR count). The van der Waals surface area contributed by atoms with Gasteiger partial charge in [-0.2, -0.15) is 5.10 Å². The largest absolute Gasteiger partial charge is 0.480 e. The maximum atomic E-state index is 12.0. The van der Waals surface area contributed by atoms with E-state index in [4.69, 9.17) is 5.11 Å². The molecule has 6 nitrogen and oxygen atoms in total. The van der Waals surface area contributed by atoms with E-state index in [1.807, 2.05) is 6.92 Å². The van der Waals surface area contributed by atoms with Crippen molar-refractivity contribution >= 4 is 23.6 Å². The summed E-state index contributed by atoms with van der Waals surface area (Å²) in [5.74, 6) is -0.712. The average molecular weight is 255 g/mol. The minimum atomic E-state index is -0.948. The second-order valence-electron chi connectivity index (χ2n) is 3.79. The van der Waals surface area contributed by atoms with Gasteiger partial charge in [0.25, 0.3) is 0 Å². The highest BCUT2D eigenvalue weighted by Gasteiger charge is 2.39. The zero-order chi connectivity index (χ0) is 12.4. The van der Waals surface area contributed by atoms with E-state index in [2.05, 4.69) is 5.10 Å². The topological polar surface area (TPSA) is 75.4 Å². The molecule has 0 radical (unpaired) electrons. The van der Waals surface area contributed by atoms with Gasteiger partial charge in [-0.1, -0.05) is 0 Å². The fourth-order valence-corrected chi connectivity index (χ4v) is 3.01. The fourth-order valence-electron chi connectivity index (χ4n) is 1.83. The molecule has 1 saturated heterocycles. The Kier molecular flexibility index (Phi) is 3.37. The lowest BCUT2D eigenvalue weighted by Crippen LogP contribution is -2.46. The molecule has 1 amide bonds. The molecule has 0 aliphatic carbocycles. The average Bonchev–Trinajstić information content (AvgIpc) is 2.86. The lowest BCUT2D eigenvalue weighted by molar-refractivity contribution is -0.149. The number of aliphatic carboxylic acids is 1. The number of carbonyl (C=O) groups excluding carboxylic acids is 1. The van der Waals surface area contributed by atoms with Crippen LogP contribution in [0, 0.1) is 0 Å². The summed E-state index contributed by atoms with van der Waals surface area (Å²) in [7, 11) is 0.